The van der Waals surface area contributed by atoms with Gasteiger partial charge in [-0.2, -0.15) is 0 Å². The number of pyridine rings is 1. The highest BCUT2D eigenvalue weighted by Gasteiger charge is 2.33. The quantitative estimate of drug-likeness (QED) is 0.423. The Morgan fingerprint density at radius 1 is 0.903 bits per heavy atom. The van der Waals surface area contributed by atoms with Gasteiger partial charge in [0, 0.05) is 24.4 Å². The molecule has 3 rings (SSSR count). The molecule has 0 radical (unpaired) electrons. The van der Waals surface area contributed by atoms with Crippen LogP contribution in [0, 0.1) is 0 Å². The number of ketones is 1. The molecule has 6 nitrogen and oxygen atoms in total. The molecule has 0 aliphatic rings. The molecule has 0 aliphatic heterocycles. The van der Waals surface area contributed by atoms with Crippen molar-refractivity contribution in [3.63, 3.8) is 0 Å². The maximum absolute atomic E-state index is 13.8. The molecule has 160 valence electrons. The van der Waals surface area contributed by atoms with Crippen LogP contribution < -0.4 is 10.5 Å². The van der Waals surface area contributed by atoms with Crippen molar-refractivity contribution in [2.24, 2.45) is 0 Å². The van der Waals surface area contributed by atoms with E-state index in [1.54, 1.807) is 41.3 Å². The Balaban J connectivity index is 2.01. The van der Waals surface area contributed by atoms with Crippen LogP contribution in [0.3, 0.4) is 0 Å². The Labute approximate surface area is 182 Å². The van der Waals surface area contributed by atoms with Gasteiger partial charge in [0.05, 0.1) is 27.2 Å². The normalized spacial score (nSPS) is 11.8. The molecule has 0 bridgehead atoms. The van der Waals surface area contributed by atoms with Gasteiger partial charge in [-0.15, -0.1) is 0 Å². The number of benzene rings is 2. The van der Waals surface area contributed by atoms with Crippen LogP contribution in [-0.4, -0.2) is 48.3 Å². The smallest absolute Gasteiger partial charge is 0.254 e. The third-order valence-electron chi connectivity index (χ3n) is 5.08. The Kier molecular flexibility index (Phi) is 7.51. The molecule has 1 atom stereocenters. The van der Waals surface area contributed by atoms with Crippen LogP contribution in [0.25, 0.3) is 0 Å². The monoisotopic (exact) mass is 418 g/mol. The van der Waals surface area contributed by atoms with Gasteiger partial charge in [0.1, 0.15) is 0 Å². The number of hydrogen-bond donors (Lipinski definition) is 1. The lowest BCUT2D eigenvalue weighted by atomic mass is 10.0. The van der Waals surface area contributed by atoms with E-state index >= 15 is 0 Å². The van der Waals surface area contributed by atoms with Gasteiger partial charge in [0.15, 0.2) is 11.8 Å². The molecular weight excluding hydrogens is 390 g/mol. The van der Waals surface area contributed by atoms with E-state index in [9.17, 15) is 14.4 Å². The maximum atomic E-state index is 13.8. The third kappa shape index (κ3) is 5.77. The highest BCUT2D eigenvalue weighted by atomic mass is 16.2. The number of rotatable bonds is 9. The number of quaternary nitrogens is 1. The van der Waals surface area contributed by atoms with Gasteiger partial charge in [-0.1, -0.05) is 66.7 Å². The van der Waals surface area contributed by atoms with Crippen molar-refractivity contribution in [3.8, 4) is 0 Å². The van der Waals surface area contributed by atoms with Gasteiger partial charge in [-0.05, 0) is 11.6 Å². The molecule has 1 amide bonds. The van der Waals surface area contributed by atoms with E-state index in [2.05, 4.69) is 0 Å². The van der Waals surface area contributed by atoms with E-state index in [0.717, 1.165) is 5.56 Å². The zero-order chi connectivity index (χ0) is 22.2. The van der Waals surface area contributed by atoms with Crippen molar-refractivity contribution >= 4 is 11.7 Å². The summed E-state index contributed by atoms with van der Waals surface area (Å²) in [6, 6.07) is 21.7. The highest BCUT2D eigenvalue weighted by molar-refractivity contribution is 6.11. The largest absolute Gasteiger partial charge is 0.338 e. The lowest BCUT2D eigenvalue weighted by Crippen LogP contribution is -3.06. The summed E-state index contributed by atoms with van der Waals surface area (Å²) in [5.41, 5.74) is 0.980. The Morgan fingerprint density at radius 3 is 2.13 bits per heavy atom. The van der Waals surface area contributed by atoms with E-state index in [0.29, 0.717) is 25.2 Å². The first-order valence-corrected chi connectivity index (χ1v) is 10.4. The van der Waals surface area contributed by atoms with E-state index in [4.69, 9.17) is 0 Å². The Morgan fingerprint density at radius 2 is 1.52 bits per heavy atom. The van der Waals surface area contributed by atoms with E-state index in [1.165, 1.54) is 21.7 Å². The standard InChI is InChI=1S/C25H27N3O3/c1-26(2)17-18-27(19-20-11-5-3-6-12-20)25(31)23(28-16-10-9-15-22(28)29)24(30)21-13-7-4-8-14-21/h3-16,23H,17-19H2,1-2H3/p+1/t23-/m0/s1. The van der Waals surface area contributed by atoms with Crippen molar-refractivity contribution in [1.29, 1.82) is 0 Å². The molecule has 1 aromatic heterocycles. The second-order valence-electron chi connectivity index (χ2n) is 7.78. The summed E-state index contributed by atoms with van der Waals surface area (Å²) in [6.45, 7) is 1.55. The molecule has 6 heteroatoms. The average molecular weight is 419 g/mol. The molecule has 0 fully saturated rings. The maximum Gasteiger partial charge on any atom is 0.254 e. The van der Waals surface area contributed by atoms with Gasteiger partial charge >= 0.3 is 0 Å². The van der Waals surface area contributed by atoms with Crippen LogP contribution in [-0.2, 0) is 11.3 Å². The first kappa shape index (κ1) is 22.2. The number of likely N-dealkylation sites (N-methyl/N-ethyl adjacent to an activating group) is 1. The number of nitrogens with zero attached hydrogens (tertiary/aromatic N) is 2. The van der Waals surface area contributed by atoms with Gasteiger partial charge in [-0.25, -0.2) is 0 Å². The second kappa shape index (κ2) is 10.5. The minimum Gasteiger partial charge on any atom is -0.338 e. The minimum absolute atomic E-state index is 0.368. The van der Waals surface area contributed by atoms with E-state index in [1.807, 2.05) is 50.5 Å². The number of aromatic nitrogens is 1. The van der Waals surface area contributed by atoms with Crippen molar-refractivity contribution in [3.05, 3.63) is 107 Å². The van der Waals surface area contributed by atoms with Crippen molar-refractivity contribution in [2.45, 2.75) is 12.6 Å². The van der Waals surface area contributed by atoms with Crippen LogP contribution in [0.5, 0.6) is 0 Å². The van der Waals surface area contributed by atoms with Gasteiger partial charge in [0.2, 0.25) is 0 Å². The Bertz CT molecular complexity index is 1060. The molecular formula is C25H28N3O3+. The molecule has 0 saturated carbocycles. The summed E-state index contributed by atoms with van der Waals surface area (Å²) in [7, 11) is 4.03. The fourth-order valence-electron chi connectivity index (χ4n) is 3.37. The predicted octanol–water partition coefficient (Wildman–Crippen LogP) is 1.45. The van der Waals surface area contributed by atoms with Crippen LogP contribution >= 0.6 is 0 Å². The molecule has 0 spiro atoms. The molecule has 0 unspecified atom stereocenters. The highest BCUT2D eigenvalue weighted by Crippen LogP contribution is 2.18. The van der Waals surface area contributed by atoms with E-state index in [-0.39, 0.29) is 11.5 Å². The minimum atomic E-state index is -1.25. The molecule has 1 N–H and O–H groups in total. The third-order valence-corrected chi connectivity index (χ3v) is 5.08. The summed E-state index contributed by atoms with van der Waals surface area (Å²) in [6.07, 6.45) is 1.50. The van der Waals surface area contributed by atoms with Gasteiger partial charge in [0.25, 0.3) is 11.5 Å². The fourth-order valence-corrected chi connectivity index (χ4v) is 3.37. The number of carbonyl (C=O) groups excluding carboxylic acids is 2. The summed E-state index contributed by atoms with van der Waals surface area (Å²) < 4.78 is 1.23. The molecule has 0 aliphatic carbocycles. The molecule has 1 heterocycles. The van der Waals surface area contributed by atoms with Gasteiger partial charge in [-0.3, -0.25) is 19.0 Å². The summed E-state index contributed by atoms with van der Waals surface area (Å²) in [4.78, 5) is 42.6. The zero-order valence-corrected chi connectivity index (χ0v) is 17.9. The Hall–Kier alpha value is -3.51. The number of hydrogen-bond acceptors (Lipinski definition) is 3. The van der Waals surface area contributed by atoms with Crippen LogP contribution in [0.15, 0.2) is 89.9 Å². The summed E-state index contributed by atoms with van der Waals surface area (Å²) in [5, 5.41) is 0. The van der Waals surface area contributed by atoms with E-state index < -0.39 is 11.8 Å². The lowest BCUT2D eigenvalue weighted by Gasteiger charge is -2.28. The first-order chi connectivity index (χ1) is 15.0. The summed E-state index contributed by atoms with van der Waals surface area (Å²) >= 11 is 0. The number of Topliss-reactive ketones (excluding diaryl/α,β-unsaturated/α-hetero) is 1. The fraction of sp³-hybridized carbons (Fsp3) is 0.240. The van der Waals surface area contributed by atoms with Crippen LogP contribution in [0.2, 0.25) is 0 Å². The second-order valence-corrected chi connectivity index (χ2v) is 7.78. The molecule has 3 aromatic rings. The van der Waals surface area contributed by atoms with Crippen molar-refractivity contribution in [1.82, 2.24) is 9.47 Å². The molecule has 0 saturated heterocycles. The van der Waals surface area contributed by atoms with Crippen LogP contribution in [0.4, 0.5) is 0 Å². The predicted molar refractivity (Wildman–Crippen MR) is 120 cm³/mol. The zero-order valence-electron chi connectivity index (χ0n) is 17.9. The average Bonchev–Trinajstić information content (AvgIpc) is 2.79. The number of amides is 1. The molecule has 31 heavy (non-hydrogen) atoms. The first-order valence-electron chi connectivity index (χ1n) is 10.4. The van der Waals surface area contributed by atoms with Gasteiger partial charge < -0.3 is 9.80 Å². The SMILES string of the molecule is C[NH+](C)CCN(Cc1ccccc1)C(=O)[C@H](C(=O)c1ccccc1)n1ccccc1=O. The number of nitrogens with one attached hydrogen (secondary N) is 1. The van der Waals surface area contributed by atoms with Crippen LogP contribution in [0.1, 0.15) is 22.0 Å². The number of carbonyl (C=O) groups is 2. The van der Waals surface area contributed by atoms with Crippen molar-refractivity contribution in [2.75, 3.05) is 27.2 Å². The topological polar surface area (TPSA) is 63.8 Å². The summed E-state index contributed by atoms with van der Waals surface area (Å²) in [5.74, 6) is -0.776. The van der Waals surface area contributed by atoms with Crippen molar-refractivity contribution < 1.29 is 14.5 Å². The lowest BCUT2D eigenvalue weighted by molar-refractivity contribution is -0.857. The molecule has 2 aromatic carbocycles.